The van der Waals surface area contributed by atoms with Gasteiger partial charge in [-0.3, -0.25) is 9.59 Å². The SMILES string of the molecule is CSCC[C@@H](NC(=O)[C@H]1N2C(=O)c3ccccc3[C@H]2SC1(C)C)C(=O)[O-]. The van der Waals surface area contributed by atoms with E-state index in [2.05, 4.69) is 5.32 Å². The third-order valence-corrected chi connectivity index (χ3v) is 6.94. The van der Waals surface area contributed by atoms with Crippen LogP contribution < -0.4 is 10.4 Å². The highest BCUT2D eigenvalue weighted by Gasteiger charge is 2.57. The van der Waals surface area contributed by atoms with Crippen molar-refractivity contribution in [3.05, 3.63) is 35.4 Å². The summed E-state index contributed by atoms with van der Waals surface area (Å²) in [6.07, 6.45) is 2.16. The Hall–Kier alpha value is -1.67. The highest BCUT2D eigenvalue weighted by Crippen LogP contribution is 2.56. The summed E-state index contributed by atoms with van der Waals surface area (Å²) in [4.78, 5) is 38.8. The monoisotopic (exact) mass is 393 g/mol. The van der Waals surface area contributed by atoms with Gasteiger partial charge in [-0.25, -0.2) is 0 Å². The number of rotatable bonds is 6. The molecule has 1 fully saturated rings. The average molecular weight is 394 g/mol. The minimum atomic E-state index is -1.30. The number of carbonyl (C=O) groups is 3. The van der Waals surface area contributed by atoms with E-state index in [-0.39, 0.29) is 17.7 Å². The van der Waals surface area contributed by atoms with E-state index in [1.54, 1.807) is 28.8 Å². The van der Waals surface area contributed by atoms with Crippen LogP contribution in [0.1, 0.15) is 41.6 Å². The molecule has 0 radical (unpaired) electrons. The highest BCUT2D eigenvalue weighted by atomic mass is 32.2. The van der Waals surface area contributed by atoms with E-state index in [0.29, 0.717) is 11.3 Å². The van der Waals surface area contributed by atoms with Crippen molar-refractivity contribution in [2.75, 3.05) is 12.0 Å². The molecule has 2 aliphatic heterocycles. The Morgan fingerprint density at radius 1 is 1.38 bits per heavy atom. The molecule has 1 N–H and O–H groups in total. The van der Waals surface area contributed by atoms with Gasteiger partial charge in [0.2, 0.25) is 5.91 Å². The van der Waals surface area contributed by atoms with Crippen LogP contribution in [0, 0.1) is 0 Å². The molecule has 1 aromatic carbocycles. The molecule has 0 aliphatic carbocycles. The number of hydrogen-bond acceptors (Lipinski definition) is 6. The number of carbonyl (C=O) groups excluding carboxylic acids is 3. The van der Waals surface area contributed by atoms with Crippen LogP contribution in [0.25, 0.3) is 0 Å². The van der Waals surface area contributed by atoms with Crippen molar-refractivity contribution in [2.45, 2.75) is 42.5 Å². The molecule has 6 nitrogen and oxygen atoms in total. The number of carboxylic acid groups (broad SMARTS) is 1. The Kier molecular flexibility index (Phi) is 5.25. The Labute approximate surface area is 161 Å². The molecular formula is C18H21N2O4S2-. The second kappa shape index (κ2) is 7.15. The van der Waals surface area contributed by atoms with Crippen molar-refractivity contribution in [1.29, 1.82) is 0 Å². The standard InChI is InChI=1S/C18H22N2O4S2/c1-18(2)13(14(21)19-12(17(23)24)8-9-25-3)20-15(22)10-6-4-5-7-11(10)16(20)26-18/h4-7,12-13,16H,8-9H2,1-3H3,(H,19,21)(H,23,24)/p-1/t12-,13-,16-/m1/s1. The molecule has 26 heavy (non-hydrogen) atoms. The van der Waals surface area contributed by atoms with Crippen molar-refractivity contribution >= 4 is 41.3 Å². The average Bonchev–Trinajstić information content (AvgIpc) is 3.01. The first kappa shape index (κ1) is 19.1. The van der Waals surface area contributed by atoms with E-state index in [1.807, 2.05) is 32.2 Å². The second-order valence-corrected chi connectivity index (χ2v) is 9.66. The molecule has 0 saturated carbocycles. The van der Waals surface area contributed by atoms with E-state index in [4.69, 9.17) is 0 Å². The molecule has 0 spiro atoms. The van der Waals surface area contributed by atoms with Gasteiger partial charge in [0, 0.05) is 10.3 Å². The first-order valence-electron chi connectivity index (χ1n) is 8.37. The summed E-state index contributed by atoms with van der Waals surface area (Å²) in [5, 5.41) is 13.7. The molecule has 140 valence electrons. The molecule has 2 heterocycles. The van der Waals surface area contributed by atoms with Gasteiger partial charge in [0.1, 0.15) is 11.4 Å². The summed E-state index contributed by atoms with van der Waals surface area (Å²) in [5.41, 5.74) is 1.52. The summed E-state index contributed by atoms with van der Waals surface area (Å²) >= 11 is 3.05. The first-order valence-corrected chi connectivity index (χ1v) is 10.6. The molecule has 1 aromatic rings. The number of benzene rings is 1. The zero-order chi connectivity index (χ0) is 19.1. The van der Waals surface area contributed by atoms with Crippen LogP contribution in [0.4, 0.5) is 0 Å². The summed E-state index contributed by atoms with van der Waals surface area (Å²) < 4.78 is -0.534. The Bertz CT molecular complexity index is 752. The van der Waals surface area contributed by atoms with Gasteiger partial charge in [0.15, 0.2) is 0 Å². The fourth-order valence-electron chi connectivity index (χ4n) is 3.54. The number of carboxylic acids is 1. The largest absolute Gasteiger partial charge is 0.548 e. The topological polar surface area (TPSA) is 89.5 Å². The smallest absolute Gasteiger partial charge is 0.256 e. The summed E-state index contributed by atoms with van der Waals surface area (Å²) in [5.74, 6) is -1.33. The maximum absolute atomic E-state index is 13.0. The predicted octanol–water partition coefficient (Wildman–Crippen LogP) is 1.02. The number of nitrogens with zero attached hydrogens (tertiary/aromatic N) is 1. The predicted molar refractivity (Wildman–Crippen MR) is 101 cm³/mol. The minimum Gasteiger partial charge on any atom is -0.548 e. The van der Waals surface area contributed by atoms with Crippen molar-refractivity contribution < 1.29 is 19.5 Å². The van der Waals surface area contributed by atoms with Gasteiger partial charge in [-0.2, -0.15) is 11.8 Å². The first-order chi connectivity index (χ1) is 12.3. The van der Waals surface area contributed by atoms with Crippen LogP contribution in [0.3, 0.4) is 0 Å². The molecule has 0 bridgehead atoms. The lowest BCUT2D eigenvalue weighted by molar-refractivity contribution is -0.308. The van der Waals surface area contributed by atoms with Gasteiger partial charge >= 0.3 is 0 Å². The lowest BCUT2D eigenvalue weighted by Gasteiger charge is -2.31. The molecular weight excluding hydrogens is 372 g/mol. The van der Waals surface area contributed by atoms with Crippen LogP contribution >= 0.6 is 23.5 Å². The summed E-state index contributed by atoms with van der Waals surface area (Å²) in [7, 11) is 0. The molecule has 0 aromatic heterocycles. The van der Waals surface area contributed by atoms with Crippen LogP contribution in [0.15, 0.2) is 24.3 Å². The number of hydrogen-bond donors (Lipinski definition) is 1. The highest BCUT2D eigenvalue weighted by molar-refractivity contribution is 8.01. The molecule has 3 atom stereocenters. The van der Waals surface area contributed by atoms with Crippen LogP contribution in [0.2, 0.25) is 0 Å². The maximum Gasteiger partial charge on any atom is 0.256 e. The van der Waals surface area contributed by atoms with Gasteiger partial charge in [-0.15, -0.1) is 11.8 Å². The summed E-state index contributed by atoms with van der Waals surface area (Å²) in [6.45, 7) is 3.82. The van der Waals surface area contributed by atoms with Crippen molar-refractivity contribution in [3.8, 4) is 0 Å². The van der Waals surface area contributed by atoms with Crippen LogP contribution in [-0.2, 0) is 9.59 Å². The Balaban J connectivity index is 1.86. The Morgan fingerprint density at radius 3 is 2.73 bits per heavy atom. The number of fused-ring (bicyclic) bond motifs is 3. The van der Waals surface area contributed by atoms with Gasteiger partial charge in [0.25, 0.3) is 5.91 Å². The maximum atomic E-state index is 13.0. The zero-order valence-electron chi connectivity index (χ0n) is 14.9. The van der Waals surface area contributed by atoms with E-state index < -0.39 is 28.7 Å². The van der Waals surface area contributed by atoms with Gasteiger partial charge in [0.05, 0.1) is 12.0 Å². The van der Waals surface area contributed by atoms with Gasteiger partial charge in [-0.05, 0) is 43.9 Å². The molecule has 1 saturated heterocycles. The lowest BCUT2D eigenvalue weighted by Crippen LogP contribution is -2.57. The van der Waals surface area contributed by atoms with Crippen LogP contribution in [0.5, 0.6) is 0 Å². The number of thioether (sulfide) groups is 2. The molecule has 0 unspecified atom stereocenters. The molecule has 3 rings (SSSR count). The van der Waals surface area contributed by atoms with Crippen molar-refractivity contribution in [2.24, 2.45) is 0 Å². The molecule has 2 amide bonds. The number of nitrogens with one attached hydrogen (secondary N) is 1. The van der Waals surface area contributed by atoms with Crippen molar-refractivity contribution in [1.82, 2.24) is 10.2 Å². The second-order valence-electron chi connectivity index (χ2n) is 6.94. The van der Waals surface area contributed by atoms with E-state index in [9.17, 15) is 19.5 Å². The van der Waals surface area contributed by atoms with Crippen molar-refractivity contribution in [3.63, 3.8) is 0 Å². The van der Waals surface area contributed by atoms with Gasteiger partial charge in [-0.1, -0.05) is 18.2 Å². The lowest BCUT2D eigenvalue weighted by atomic mass is 10.00. The zero-order valence-corrected chi connectivity index (χ0v) is 16.5. The van der Waals surface area contributed by atoms with Gasteiger partial charge < -0.3 is 20.1 Å². The third kappa shape index (κ3) is 3.20. The third-order valence-electron chi connectivity index (χ3n) is 4.76. The minimum absolute atomic E-state index is 0.182. The number of aliphatic carboxylic acids is 1. The quantitative estimate of drug-likeness (QED) is 0.776. The fraction of sp³-hybridized carbons (Fsp3) is 0.500. The Morgan fingerprint density at radius 2 is 2.08 bits per heavy atom. The normalized spacial score (nSPS) is 24.1. The number of amides is 2. The van der Waals surface area contributed by atoms with Crippen LogP contribution in [-0.4, -0.2) is 51.5 Å². The summed E-state index contributed by atoms with van der Waals surface area (Å²) in [6, 6.07) is 5.55. The van der Waals surface area contributed by atoms with E-state index >= 15 is 0 Å². The molecule has 2 aliphatic rings. The van der Waals surface area contributed by atoms with E-state index in [1.165, 1.54) is 11.8 Å². The fourth-order valence-corrected chi connectivity index (χ4v) is 5.60. The molecule has 8 heteroatoms. The van der Waals surface area contributed by atoms with E-state index in [0.717, 1.165) is 5.56 Å².